The average molecular weight is 205 g/mol. The van der Waals surface area contributed by atoms with Crippen molar-refractivity contribution in [1.29, 1.82) is 0 Å². The van der Waals surface area contributed by atoms with Crippen LogP contribution in [0, 0.1) is 0 Å². The monoisotopic (exact) mass is 205 g/mol. The highest BCUT2D eigenvalue weighted by molar-refractivity contribution is 5.96. The predicted octanol–water partition coefficient (Wildman–Crippen LogP) is 2.56. The molecule has 0 saturated heterocycles. The molecule has 0 aliphatic heterocycles. The van der Waals surface area contributed by atoms with Gasteiger partial charge in [-0.2, -0.15) is 0 Å². The lowest BCUT2D eigenvalue weighted by atomic mass is 10.0. The van der Waals surface area contributed by atoms with E-state index in [0.717, 1.165) is 18.4 Å². The number of rotatable bonds is 5. The molecule has 1 aromatic carbocycles. The fraction of sp³-hybridized carbons (Fsp3) is 0.462. The van der Waals surface area contributed by atoms with Crippen LogP contribution in [0.2, 0.25) is 0 Å². The highest BCUT2D eigenvalue weighted by atomic mass is 16.1. The van der Waals surface area contributed by atoms with Crippen molar-refractivity contribution in [2.24, 2.45) is 5.73 Å². The van der Waals surface area contributed by atoms with E-state index in [4.69, 9.17) is 5.73 Å². The lowest BCUT2D eigenvalue weighted by Gasteiger charge is -2.04. The molecule has 0 radical (unpaired) electrons. The second-order valence-corrected chi connectivity index (χ2v) is 3.99. The standard InChI is InChI=1S/C13H19NO/c1-3-11-5-7-12(8-6-11)13(15)9-4-10(2)14/h5-8,10H,3-4,9,14H2,1-2H3. The maximum Gasteiger partial charge on any atom is 0.162 e. The Hall–Kier alpha value is -1.15. The van der Waals surface area contributed by atoms with E-state index < -0.39 is 0 Å². The van der Waals surface area contributed by atoms with Crippen molar-refractivity contribution in [3.8, 4) is 0 Å². The Morgan fingerprint density at radius 2 is 1.93 bits per heavy atom. The molecule has 0 bridgehead atoms. The first-order valence-electron chi connectivity index (χ1n) is 5.51. The summed E-state index contributed by atoms with van der Waals surface area (Å²) in [5, 5.41) is 0. The zero-order valence-corrected chi connectivity index (χ0v) is 9.49. The van der Waals surface area contributed by atoms with E-state index in [1.54, 1.807) is 0 Å². The van der Waals surface area contributed by atoms with Crippen molar-refractivity contribution in [2.75, 3.05) is 0 Å². The van der Waals surface area contributed by atoms with Crippen molar-refractivity contribution in [3.63, 3.8) is 0 Å². The minimum absolute atomic E-state index is 0.101. The second kappa shape index (κ2) is 5.66. The number of carbonyl (C=O) groups excluding carboxylic acids is 1. The van der Waals surface area contributed by atoms with Gasteiger partial charge in [0.25, 0.3) is 0 Å². The van der Waals surface area contributed by atoms with Crippen LogP contribution in [-0.2, 0) is 6.42 Å². The number of Topliss-reactive ketones (excluding diaryl/α,β-unsaturated/α-hetero) is 1. The summed E-state index contributed by atoms with van der Waals surface area (Å²) in [6.45, 7) is 4.03. The van der Waals surface area contributed by atoms with Gasteiger partial charge in [0.1, 0.15) is 0 Å². The lowest BCUT2D eigenvalue weighted by Crippen LogP contribution is -2.16. The smallest absolute Gasteiger partial charge is 0.162 e. The fourth-order valence-corrected chi connectivity index (χ4v) is 1.43. The maximum atomic E-state index is 11.7. The Morgan fingerprint density at radius 3 is 2.40 bits per heavy atom. The molecule has 0 saturated carbocycles. The molecule has 15 heavy (non-hydrogen) atoms. The van der Waals surface area contributed by atoms with E-state index in [-0.39, 0.29) is 11.8 Å². The third-order valence-corrected chi connectivity index (χ3v) is 2.51. The molecule has 2 N–H and O–H groups in total. The predicted molar refractivity (Wildman–Crippen MR) is 63.0 cm³/mol. The summed E-state index contributed by atoms with van der Waals surface area (Å²) in [5.41, 5.74) is 7.67. The van der Waals surface area contributed by atoms with Crippen LogP contribution in [0.15, 0.2) is 24.3 Å². The minimum atomic E-state index is 0.101. The number of hydrogen-bond acceptors (Lipinski definition) is 2. The summed E-state index contributed by atoms with van der Waals surface area (Å²) in [4.78, 5) is 11.7. The van der Waals surface area contributed by atoms with Gasteiger partial charge >= 0.3 is 0 Å². The molecule has 82 valence electrons. The molecular formula is C13H19NO. The van der Waals surface area contributed by atoms with Gasteiger partial charge in [0.2, 0.25) is 0 Å². The van der Waals surface area contributed by atoms with Crippen molar-refractivity contribution < 1.29 is 4.79 Å². The van der Waals surface area contributed by atoms with Crippen molar-refractivity contribution in [1.82, 2.24) is 0 Å². The molecule has 0 heterocycles. The third kappa shape index (κ3) is 3.84. The van der Waals surface area contributed by atoms with E-state index in [1.807, 2.05) is 31.2 Å². The third-order valence-electron chi connectivity index (χ3n) is 2.51. The summed E-state index contributed by atoms with van der Waals surface area (Å²) < 4.78 is 0. The summed E-state index contributed by atoms with van der Waals surface area (Å²) >= 11 is 0. The zero-order chi connectivity index (χ0) is 11.3. The Bertz CT molecular complexity index is 314. The quantitative estimate of drug-likeness (QED) is 0.751. The lowest BCUT2D eigenvalue weighted by molar-refractivity contribution is 0.0978. The molecule has 0 aliphatic carbocycles. The van der Waals surface area contributed by atoms with Crippen LogP contribution in [-0.4, -0.2) is 11.8 Å². The molecule has 2 heteroatoms. The molecule has 0 spiro atoms. The van der Waals surface area contributed by atoms with Gasteiger partial charge in [-0.05, 0) is 25.3 Å². The number of hydrogen-bond donors (Lipinski definition) is 1. The summed E-state index contributed by atoms with van der Waals surface area (Å²) in [6.07, 6.45) is 2.31. The normalized spacial score (nSPS) is 12.5. The molecule has 2 nitrogen and oxygen atoms in total. The summed E-state index contributed by atoms with van der Waals surface area (Å²) in [6, 6.07) is 7.94. The van der Waals surface area contributed by atoms with E-state index in [2.05, 4.69) is 6.92 Å². The van der Waals surface area contributed by atoms with Crippen LogP contribution < -0.4 is 5.73 Å². The molecule has 1 aromatic rings. The van der Waals surface area contributed by atoms with Gasteiger partial charge < -0.3 is 5.73 Å². The van der Waals surface area contributed by atoms with Crippen LogP contribution in [0.1, 0.15) is 42.6 Å². The number of carbonyl (C=O) groups is 1. The van der Waals surface area contributed by atoms with E-state index >= 15 is 0 Å². The summed E-state index contributed by atoms with van der Waals surface area (Å²) in [7, 11) is 0. The van der Waals surface area contributed by atoms with Gasteiger partial charge in [0.15, 0.2) is 5.78 Å². The minimum Gasteiger partial charge on any atom is -0.328 e. The van der Waals surface area contributed by atoms with Crippen LogP contribution in [0.4, 0.5) is 0 Å². The fourth-order valence-electron chi connectivity index (χ4n) is 1.43. The van der Waals surface area contributed by atoms with E-state index in [9.17, 15) is 4.79 Å². The van der Waals surface area contributed by atoms with Crippen LogP contribution in [0.3, 0.4) is 0 Å². The van der Waals surface area contributed by atoms with Gasteiger partial charge in [-0.15, -0.1) is 0 Å². The number of nitrogens with two attached hydrogens (primary N) is 1. The average Bonchev–Trinajstić information content (AvgIpc) is 2.26. The first-order valence-corrected chi connectivity index (χ1v) is 5.51. The Labute approximate surface area is 91.5 Å². The van der Waals surface area contributed by atoms with Crippen LogP contribution >= 0.6 is 0 Å². The molecule has 0 aliphatic rings. The zero-order valence-electron chi connectivity index (χ0n) is 9.49. The topological polar surface area (TPSA) is 43.1 Å². The van der Waals surface area contributed by atoms with E-state index in [0.29, 0.717) is 6.42 Å². The number of aryl methyl sites for hydroxylation is 1. The molecule has 0 amide bonds. The molecule has 1 unspecified atom stereocenters. The van der Waals surface area contributed by atoms with Crippen molar-refractivity contribution in [2.45, 2.75) is 39.2 Å². The Balaban J connectivity index is 2.58. The van der Waals surface area contributed by atoms with Gasteiger partial charge in [0.05, 0.1) is 0 Å². The SMILES string of the molecule is CCc1ccc(C(=O)CCC(C)N)cc1. The highest BCUT2D eigenvalue weighted by Crippen LogP contribution is 2.09. The largest absolute Gasteiger partial charge is 0.328 e. The Morgan fingerprint density at radius 1 is 1.33 bits per heavy atom. The van der Waals surface area contributed by atoms with Gasteiger partial charge in [-0.1, -0.05) is 31.2 Å². The molecule has 0 fully saturated rings. The molecular weight excluding hydrogens is 186 g/mol. The van der Waals surface area contributed by atoms with Crippen LogP contribution in [0.5, 0.6) is 0 Å². The van der Waals surface area contributed by atoms with Crippen molar-refractivity contribution >= 4 is 5.78 Å². The first-order chi connectivity index (χ1) is 7.13. The van der Waals surface area contributed by atoms with Crippen molar-refractivity contribution in [3.05, 3.63) is 35.4 Å². The number of ketones is 1. The molecule has 1 rings (SSSR count). The van der Waals surface area contributed by atoms with Gasteiger partial charge in [-0.3, -0.25) is 4.79 Å². The molecule has 1 atom stereocenters. The second-order valence-electron chi connectivity index (χ2n) is 3.99. The van der Waals surface area contributed by atoms with Crippen LogP contribution in [0.25, 0.3) is 0 Å². The highest BCUT2D eigenvalue weighted by Gasteiger charge is 2.06. The maximum absolute atomic E-state index is 11.7. The Kier molecular flexibility index (Phi) is 4.50. The number of benzene rings is 1. The summed E-state index contributed by atoms with van der Waals surface area (Å²) in [5.74, 6) is 0.190. The van der Waals surface area contributed by atoms with Gasteiger partial charge in [-0.25, -0.2) is 0 Å². The van der Waals surface area contributed by atoms with E-state index in [1.165, 1.54) is 5.56 Å². The molecule has 0 aromatic heterocycles. The first kappa shape index (κ1) is 11.9. The van der Waals surface area contributed by atoms with Gasteiger partial charge in [0, 0.05) is 18.0 Å².